The smallest absolute Gasteiger partial charge is 0.317 e. The first-order valence-corrected chi connectivity index (χ1v) is 8.99. The Balaban J connectivity index is 1.53. The minimum atomic E-state index is -1.53. The largest absolute Gasteiger partial charge is 0.480 e. The van der Waals surface area contributed by atoms with Crippen molar-refractivity contribution >= 4 is 12.0 Å². The number of nitrogens with zero attached hydrogens (tertiary/aromatic N) is 1. The fraction of sp³-hybridized carbons (Fsp3) is 0.556. The molecule has 1 atom stereocenters. The molecule has 0 bridgehead atoms. The molecule has 1 aromatic carbocycles. The summed E-state index contributed by atoms with van der Waals surface area (Å²) < 4.78 is 40.8. The van der Waals surface area contributed by atoms with E-state index in [0.717, 1.165) is 6.07 Å². The van der Waals surface area contributed by atoms with Gasteiger partial charge in [-0.1, -0.05) is 6.92 Å². The van der Waals surface area contributed by atoms with Crippen molar-refractivity contribution in [3.05, 3.63) is 34.6 Å². The molecule has 1 aromatic rings. The van der Waals surface area contributed by atoms with Gasteiger partial charge in [0, 0.05) is 17.6 Å². The van der Waals surface area contributed by atoms with Gasteiger partial charge in [-0.3, -0.25) is 9.69 Å². The summed E-state index contributed by atoms with van der Waals surface area (Å²) in [6.45, 7) is 2.45. The average molecular weight is 385 g/mol. The molecule has 2 aliphatic rings. The first kappa shape index (κ1) is 19.5. The molecule has 27 heavy (non-hydrogen) atoms. The van der Waals surface area contributed by atoms with Gasteiger partial charge >= 0.3 is 12.0 Å². The van der Waals surface area contributed by atoms with Gasteiger partial charge in [0.15, 0.2) is 17.5 Å². The lowest BCUT2D eigenvalue weighted by Gasteiger charge is -2.42. The molecule has 1 fully saturated rings. The van der Waals surface area contributed by atoms with Gasteiger partial charge in [-0.15, -0.1) is 0 Å². The Labute approximate surface area is 154 Å². The second kappa shape index (κ2) is 7.75. The van der Waals surface area contributed by atoms with E-state index < -0.39 is 35.5 Å². The van der Waals surface area contributed by atoms with Crippen molar-refractivity contribution in [3.8, 4) is 0 Å². The predicted octanol–water partition coefficient (Wildman–Crippen LogP) is 2.33. The van der Waals surface area contributed by atoms with Crippen molar-refractivity contribution in [1.29, 1.82) is 0 Å². The summed E-state index contributed by atoms with van der Waals surface area (Å²) in [5.74, 6) is -4.89. The van der Waals surface area contributed by atoms with Crippen LogP contribution >= 0.6 is 0 Å². The summed E-state index contributed by atoms with van der Waals surface area (Å²) in [5.41, 5.74) is 0.377. The van der Waals surface area contributed by atoms with Crippen molar-refractivity contribution in [1.82, 2.24) is 15.5 Å². The molecule has 1 saturated carbocycles. The molecule has 0 spiro atoms. The van der Waals surface area contributed by atoms with Crippen molar-refractivity contribution in [2.45, 2.75) is 50.7 Å². The highest BCUT2D eigenvalue weighted by Gasteiger charge is 2.36. The zero-order chi connectivity index (χ0) is 19.7. The number of carboxylic acids is 1. The summed E-state index contributed by atoms with van der Waals surface area (Å²) in [6, 6.07) is -0.232. The molecule has 3 rings (SSSR count). The van der Waals surface area contributed by atoms with Crippen LogP contribution in [-0.4, -0.2) is 47.2 Å². The molecule has 9 heteroatoms. The van der Waals surface area contributed by atoms with Gasteiger partial charge in [0.05, 0.1) is 12.6 Å². The van der Waals surface area contributed by atoms with E-state index in [4.69, 9.17) is 5.11 Å². The van der Waals surface area contributed by atoms with Crippen molar-refractivity contribution in [2.24, 2.45) is 0 Å². The Kier molecular flexibility index (Phi) is 5.59. The Hall–Kier alpha value is -2.29. The number of urea groups is 1. The zero-order valence-electron chi connectivity index (χ0n) is 14.9. The minimum Gasteiger partial charge on any atom is -0.480 e. The first-order chi connectivity index (χ1) is 12.8. The van der Waals surface area contributed by atoms with Crippen molar-refractivity contribution in [2.75, 3.05) is 13.1 Å². The highest BCUT2D eigenvalue weighted by molar-refractivity contribution is 5.75. The second-order valence-corrected chi connectivity index (χ2v) is 7.05. The molecule has 2 amide bonds. The van der Waals surface area contributed by atoms with E-state index in [1.807, 2.05) is 11.8 Å². The molecular formula is C18H22F3N3O3. The number of halogens is 3. The number of benzene rings is 1. The monoisotopic (exact) mass is 385 g/mol. The van der Waals surface area contributed by atoms with E-state index in [1.165, 1.54) is 0 Å². The molecule has 148 valence electrons. The third-order valence-electron chi connectivity index (χ3n) is 5.35. The van der Waals surface area contributed by atoms with Crippen LogP contribution < -0.4 is 10.6 Å². The van der Waals surface area contributed by atoms with Crippen LogP contribution in [-0.2, 0) is 11.2 Å². The number of aryl methyl sites for hydroxylation is 1. The zero-order valence-corrected chi connectivity index (χ0v) is 14.9. The molecule has 3 N–H and O–H groups in total. The lowest BCUT2D eigenvalue weighted by Crippen LogP contribution is -2.56. The molecule has 6 nitrogen and oxygen atoms in total. The van der Waals surface area contributed by atoms with Crippen molar-refractivity contribution in [3.63, 3.8) is 0 Å². The third-order valence-corrected chi connectivity index (χ3v) is 5.35. The highest BCUT2D eigenvalue weighted by atomic mass is 19.2. The molecule has 1 unspecified atom stereocenters. The van der Waals surface area contributed by atoms with E-state index in [-0.39, 0.29) is 24.2 Å². The normalized spacial score (nSPS) is 23.7. The molecule has 0 radical (unpaired) electrons. The molecule has 0 saturated heterocycles. The number of likely N-dealkylation sites (N-methyl/N-ethyl adjacent to an activating group) is 1. The van der Waals surface area contributed by atoms with Gasteiger partial charge < -0.3 is 15.7 Å². The van der Waals surface area contributed by atoms with E-state index in [1.54, 1.807) is 0 Å². The van der Waals surface area contributed by atoms with E-state index in [2.05, 4.69) is 10.6 Å². The minimum absolute atomic E-state index is 0.00847. The van der Waals surface area contributed by atoms with Gasteiger partial charge in [-0.05, 0) is 43.9 Å². The van der Waals surface area contributed by atoms with E-state index in [9.17, 15) is 22.8 Å². The van der Waals surface area contributed by atoms with Gasteiger partial charge in [0.25, 0.3) is 0 Å². The summed E-state index contributed by atoms with van der Waals surface area (Å²) in [4.78, 5) is 24.8. The van der Waals surface area contributed by atoms with Crippen LogP contribution in [0.2, 0.25) is 0 Å². The van der Waals surface area contributed by atoms with Gasteiger partial charge in [0.2, 0.25) is 0 Å². The SMILES string of the molecule is CCN(CC(=O)O)C1CC(NC(=O)NC2CCc3cc(F)c(F)c(F)c32)C1. The topological polar surface area (TPSA) is 81.7 Å². The maximum Gasteiger partial charge on any atom is 0.317 e. The van der Waals surface area contributed by atoms with E-state index in [0.29, 0.717) is 37.8 Å². The number of amides is 2. The predicted molar refractivity (Wildman–Crippen MR) is 90.7 cm³/mol. The second-order valence-electron chi connectivity index (χ2n) is 7.05. The fourth-order valence-corrected chi connectivity index (χ4v) is 3.89. The molecule has 0 heterocycles. The lowest BCUT2D eigenvalue weighted by atomic mass is 9.85. The van der Waals surface area contributed by atoms with Gasteiger partial charge in [-0.25, -0.2) is 18.0 Å². The lowest BCUT2D eigenvalue weighted by molar-refractivity contribution is -0.139. The number of aliphatic carboxylic acids is 1. The standard InChI is InChI=1S/C18H22F3N3O3/c1-2-24(8-14(25)26)11-6-10(7-11)22-18(27)23-13-4-3-9-5-12(19)16(20)17(21)15(9)13/h5,10-11,13H,2-4,6-8H2,1H3,(H,25,26)(H2,22,23,27). The number of carbonyl (C=O) groups is 2. The van der Waals surface area contributed by atoms with Crippen LogP contribution in [0.4, 0.5) is 18.0 Å². The summed E-state index contributed by atoms with van der Waals surface area (Å²) in [5, 5.41) is 14.3. The number of carboxylic acid groups (broad SMARTS) is 1. The number of carbonyl (C=O) groups excluding carboxylic acids is 1. The van der Waals surface area contributed by atoms with Crippen LogP contribution in [0.15, 0.2) is 6.07 Å². The Morgan fingerprint density at radius 3 is 2.56 bits per heavy atom. The Morgan fingerprint density at radius 1 is 1.22 bits per heavy atom. The maximum absolute atomic E-state index is 14.0. The quantitative estimate of drug-likeness (QED) is 0.657. The van der Waals surface area contributed by atoms with Crippen LogP contribution in [0, 0.1) is 17.5 Å². The number of fused-ring (bicyclic) bond motifs is 1. The van der Waals surface area contributed by atoms with E-state index >= 15 is 0 Å². The van der Waals surface area contributed by atoms with Crippen LogP contribution in [0.25, 0.3) is 0 Å². The molecule has 2 aliphatic carbocycles. The summed E-state index contributed by atoms with van der Waals surface area (Å²) in [7, 11) is 0. The Morgan fingerprint density at radius 2 is 1.93 bits per heavy atom. The number of hydrogen-bond acceptors (Lipinski definition) is 3. The number of hydrogen-bond donors (Lipinski definition) is 3. The van der Waals surface area contributed by atoms with Gasteiger partial charge in [-0.2, -0.15) is 0 Å². The number of rotatable bonds is 6. The van der Waals surface area contributed by atoms with Crippen LogP contribution in [0.3, 0.4) is 0 Å². The third kappa shape index (κ3) is 4.02. The molecule has 0 aliphatic heterocycles. The average Bonchev–Trinajstić information content (AvgIpc) is 2.96. The Bertz CT molecular complexity index is 753. The van der Waals surface area contributed by atoms with Gasteiger partial charge in [0.1, 0.15) is 0 Å². The molecular weight excluding hydrogens is 363 g/mol. The first-order valence-electron chi connectivity index (χ1n) is 8.99. The summed E-state index contributed by atoms with van der Waals surface area (Å²) >= 11 is 0. The maximum atomic E-state index is 14.0. The van der Waals surface area contributed by atoms with Crippen LogP contribution in [0.5, 0.6) is 0 Å². The summed E-state index contributed by atoms with van der Waals surface area (Å²) in [6.07, 6.45) is 1.99. The van der Waals surface area contributed by atoms with Crippen molar-refractivity contribution < 1.29 is 27.9 Å². The van der Waals surface area contributed by atoms with Crippen LogP contribution in [0.1, 0.15) is 43.4 Å². The highest BCUT2D eigenvalue weighted by Crippen LogP contribution is 2.35. The molecule has 0 aromatic heterocycles. The number of nitrogens with one attached hydrogen (secondary N) is 2. The fourth-order valence-electron chi connectivity index (χ4n) is 3.89.